The Morgan fingerprint density at radius 1 is 0.706 bits per heavy atom. The minimum Gasteiger partial charge on any atom is -0.398 e. The highest BCUT2D eigenvalue weighted by molar-refractivity contribution is 6.26. The van der Waals surface area contributed by atoms with Gasteiger partial charge in [0.15, 0.2) is 0 Å². The first-order valence-corrected chi connectivity index (χ1v) is 16.7. The minimum atomic E-state index is -0.970. The third kappa shape index (κ3) is 6.02. The van der Waals surface area contributed by atoms with Crippen molar-refractivity contribution >= 4 is 58.6 Å². The summed E-state index contributed by atoms with van der Waals surface area (Å²) in [5.74, 6) is -4.19. The zero-order valence-corrected chi connectivity index (χ0v) is 27.3. The highest BCUT2D eigenvalue weighted by Gasteiger charge is 2.46. The predicted octanol–water partition coefficient (Wildman–Crippen LogP) is 1.68. The lowest BCUT2D eigenvalue weighted by molar-refractivity contribution is -0.137. The number of fused-ring (bicyclic) bond motifs is 2. The van der Waals surface area contributed by atoms with Crippen molar-refractivity contribution < 1.29 is 38.4 Å². The van der Waals surface area contributed by atoms with E-state index in [9.17, 15) is 38.4 Å². The maximum Gasteiger partial charge on any atom is 0.264 e. The molecule has 8 rings (SSSR count). The zero-order valence-electron chi connectivity index (χ0n) is 27.3. The van der Waals surface area contributed by atoms with Crippen LogP contribution in [0.2, 0.25) is 0 Å². The maximum atomic E-state index is 13.1. The third-order valence-electron chi connectivity index (χ3n) is 9.81. The van der Waals surface area contributed by atoms with Gasteiger partial charge in [-0.25, -0.2) is 0 Å². The van der Waals surface area contributed by atoms with Crippen LogP contribution in [0.15, 0.2) is 48.8 Å². The Balaban J connectivity index is 0.000000175. The van der Waals surface area contributed by atoms with Crippen molar-refractivity contribution in [2.75, 3.05) is 11.1 Å². The minimum absolute atomic E-state index is 0.0965. The van der Waals surface area contributed by atoms with Gasteiger partial charge in [0.25, 0.3) is 23.6 Å². The van der Waals surface area contributed by atoms with Gasteiger partial charge in [0.2, 0.25) is 23.6 Å². The van der Waals surface area contributed by atoms with E-state index in [4.69, 9.17) is 5.73 Å². The molecule has 0 radical (unpaired) electrons. The second-order valence-electron chi connectivity index (χ2n) is 13.0. The van der Waals surface area contributed by atoms with E-state index in [-0.39, 0.29) is 53.6 Å². The van der Waals surface area contributed by atoms with Gasteiger partial charge in [-0.2, -0.15) is 5.10 Å². The molecule has 1 aromatic heterocycles. The molecule has 1 aliphatic carbocycles. The molecule has 1 saturated carbocycles. The van der Waals surface area contributed by atoms with Crippen LogP contribution in [0.1, 0.15) is 104 Å². The van der Waals surface area contributed by atoms with Crippen molar-refractivity contribution in [2.24, 2.45) is 0 Å². The maximum absolute atomic E-state index is 13.1. The fraction of sp³-hybridized carbons (Fsp3) is 0.343. The summed E-state index contributed by atoms with van der Waals surface area (Å²) < 4.78 is 2.01. The number of rotatable bonds is 6. The number of amides is 8. The molecule has 0 bridgehead atoms. The van der Waals surface area contributed by atoms with Crippen molar-refractivity contribution in [1.82, 2.24) is 30.2 Å². The molecule has 262 valence electrons. The number of hydrogen-bond donors (Lipinski definition) is 4. The van der Waals surface area contributed by atoms with Gasteiger partial charge in [-0.15, -0.1) is 0 Å². The molecular formula is C35H34N8O8. The van der Waals surface area contributed by atoms with Crippen molar-refractivity contribution in [2.45, 2.75) is 76.0 Å². The molecule has 5 heterocycles. The van der Waals surface area contributed by atoms with E-state index in [1.54, 1.807) is 24.3 Å². The lowest BCUT2D eigenvalue weighted by Crippen LogP contribution is -2.54. The van der Waals surface area contributed by atoms with Crippen LogP contribution in [0.5, 0.6) is 0 Å². The Morgan fingerprint density at radius 3 is 1.82 bits per heavy atom. The van der Waals surface area contributed by atoms with E-state index < -0.39 is 59.3 Å². The number of imide groups is 4. The van der Waals surface area contributed by atoms with Gasteiger partial charge < -0.3 is 11.1 Å². The number of carbonyl (C=O) groups excluding carboxylic acids is 8. The monoisotopic (exact) mass is 694 g/mol. The zero-order chi connectivity index (χ0) is 36.0. The van der Waals surface area contributed by atoms with Gasteiger partial charge in [-0.05, 0) is 49.9 Å². The number of benzene rings is 2. The fourth-order valence-electron chi connectivity index (χ4n) is 7.24. The first kappa shape index (κ1) is 33.3. The first-order valence-electron chi connectivity index (χ1n) is 16.7. The molecule has 16 heteroatoms. The quantitative estimate of drug-likeness (QED) is 0.215. The third-order valence-corrected chi connectivity index (χ3v) is 9.81. The molecule has 3 fully saturated rings. The summed E-state index contributed by atoms with van der Waals surface area (Å²) in [5.41, 5.74) is 8.30. The highest BCUT2D eigenvalue weighted by atomic mass is 16.2. The molecule has 8 amide bonds. The molecule has 0 spiro atoms. The smallest absolute Gasteiger partial charge is 0.264 e. The summed E-state index contributed by atoms with van der Waals surface area (Å²) in [5, 5.41) is 12.1. The average Bonchev–Trinajstić information content (AvgIpc) is 3.90. The standard InChI is InChI=1S/C22H23N5O4.C13H11N3O4/c28-18-9-8-17(20(29)25-18)27-21(30)15-6-3-7-16(19(15)22(27)31)23-10-13-11-24-26(12-13)14-4-1-2-5-14;14-7-3-1-2-6-10(7)13(20)16(12(6)19)8-4-5-9(17)15-11(8)18/h3,6-7,11-12,14,17,23H,1-2,4-5,8-10H2,(H,25,28,29);1-3,8H,4-5,14H2,(H,15,17,18). The Morgan fingerprint density at radius 2 is 1.25 bits per heavy atom. The van der Waals surface area contributed by atoms with Crippen molar-refractivity contribution in [1.29, 1.82) is 0 Å². The van der Waals surface area contributed by atoms with Crippen LogP contribution in [0.3, 0.4) is 0 Å². The molecule has 51 heavy (non-hydrogen) atoms. The highest BCUT2D eigenvalue weighted by Crippen LogP contribution is 2.34. The van der Waals surface area contributed by atoms with E-state index in [2.05, 4.69) is 21.0 Å². The number of nitrogens with two attached hydrogens (primary N) is 1. The predicted molar refractivity (Wildman–Crippen MR) is 178 cm³/mol. The van der Waals surface area contributed by atoms with Gasteiger partial charge in [0, 0.05) is 42.5 Å². The topological polar surface area (TPSA) is 223 Å². The summed E-state index contributed by atoms with van der Waals surface area (Å²) in [6, 6.07) is 8.17. The van der Waals surface area contributed by atoms with E-state index >= 15 is 0 Å². The number of hydrogen-bond acceptors (Lipinski definition) is 11. The Bertz CT molecular complexity index is 2030. The Hall–Kier alpha value is -6.19. The molecule has 4 aliphatic heterocycles. The number of carbonyl (C=O) groups is 8. The van der Waals surface area contributed by atoms with Gasteiger partial charge in [-0.3, -0.25) is 63.5 Å². The van der Waals surface area contributed by atoms with Crippen LogP contribution >= 0.6 is 0 Å². The number of aromatic nitrogens is 2. The van der Waals surface area contributed by atoms with E-state index in [1.165, 1.54) is 25.0 Å². The largest absolute Gasteiger partial charge is 0.398 e. The van der Waals surface area contributed by atoms with Crippen molar-refractivity contribution in [3.8, 4) is 0 Å². The van der Waals surface area contributed by atoms with Crippen molar-refractivity contribution in [3.05, 3.63) is 76.6 Å². The average molecular weight is 695 g/mol. The SMILES string of the molecule is Nc1cccc2c1C(=O)N(C1CCC(=O)NC1=O)C2=O.O=C1CCC(N2C(=O)c3cccc(NCc4cnn(C5CCCC5)c4)c3C2=O)C(=O)N1. The second kappa shape index (κ2) is 13.3. The van der Waals surface area contributed by atoms with E-state index in [1.807, 2.05) is 17.1 Å². The molecule has 2 aromatic carbocycles. The van der Waals surface area contributed by atoms with Crippen LogP contribution in [-0.4, -0.2) is 78.9 Å². The summed E-state index contributed by atoms with van der Waals surface area (Å²) in [4.78, 5) is 99.1. The molecule has 3 aromatic rings. The van der Waals surface area contributed by atoms with E-state index in [0.717, 1.165) is 28.2 Å². The number of nitrogens with zero attached hydrogens (tertiary/aromatic N) is 4. The molecule has 2 atom stereocenters. The van der Waals surface area contributed by atoms with Crippen molar-refractivity contribution in [3.63, 3.8) is 0 Å². The number of nitrogen functional groups attached to an aromatic ring is 1. The summed E-state index contributed by atoms with van der Waals surface area (Å²) in [7, 11) is 0. The lowest BCUT2D eigenvalue weighted by atomic mass is 10.0. The second-order valence-corrected chi connectivity index (χ2v) is 13.0. The Kier molecular flexibility index (Phi) is 8.66. The normalized spacial score (nSPS) is 21.7. The van der Waals surface area contributed by atoms with Crippen LogP contribution < -0.4 is 21.7 Å². The van der Waals surface area contributed by atoms with Gasteiger partial charge in [0.1, 0.15) is 12.1 Å². The van der Waals surface area contributed by atoms with E-state index in [0.29, 0.717) is 18.3 Å². The van der Waals surface area contributed by atoms with Gasteiger partial charge in [0.05, 0.1) is 34.5 Å². The molecule has 2 saturated heterocycles. The molecule has 16 nitrogen and oxygen atoms in total. The fourth-order valence-corrected chi connectivity index (χ4v) is 7.24. The summed E-state index contributed by atoms with van der Waals surface area (Å²) >= 11 is 0. The number of piperidine rings is 2. The number of anilines is 2. The molecule has 5 aliphatic rings. The summed E-state index contributed by atoms with van der Waals surface area (Å²) in [6.45, 7) is 0.461. The van der Waals surface area contributed by atoms with Gasteiger partial charge >= 0.3 is 0 Å². The lowest BCUT2D eigenvalue weighted by Gasteiger charge is -2.27. The molecule has 2 unspecified atom stereocenters. The van der Waals surface area contributed by atoms with Crippen LogP contribution in [0, 0.1) is 0 Å². The van der Waals surface area contributed by atoms with Gasteiger partial charge in [-0.1, -0.05) is 25.0 Å². The molecule has 5 N–H and O–H groups in total. The van der Waals surface area contributed by atoms with Crippen LogP contribution in [0.4, 0.5) is 11.4 Å². The first-order chi connectivity index (χ1) is 24.5. The number of nitrogens with one attached hydrogen (secondary N) is 3. The Labute approximate surface area is 290 Å². The molecular weight excluding hydrogens is 660 g/mol. The van der Waals surface area contributed by atoms with Crippen LogP contribution in [-0.2, 0) is 25.7 Å². The van der Waals surface area contributed by atoms with Crippen LogP contribution in [0.25, 0.3) is 0 Å². The summed E-state index contributed by atoms with van der Waals surface area (Å²) in [6.07, 6.45) is 9.06.